The van der Waals surface area contributed by atoms with E-state index in [4.69, 9.17) is 4.74 Å². The van der Waals surface area contributed by atoms with Crippen molar-refractivity contribution in [2.75, 3.05) is 6.61 Å². The lowest BCUT2D eigenvalue weighted by atomic mass is 10.1. The zero-order valence-electron chi connectivity index (χ0n) is 10.00. The molecule has 3 heteroatoms. The first-order chi connectivity index (χ1) is 7.22. The van der Waals surface area contributed by atoms with Crippen LogP contribution in [0.4, 0.5) is 0 Å². The molecule has 0 heterocycles. The van der Waals surface area contributed by atoms with Gasteiger partial charge < -0.3 is 9.84 Å². The van der Waals surface area contributed by atoms with Crippen LogP contribution >= 0.6 is 0 Å². The van der Waals surface area contributed by atoms with Gasteiger partial charge in [-0.3, -0.25) is 0 Å². The summed E-state index contributed by atoms with van der Waals surface area (Å²) in [6.45, 7) is 4.60. The Kier molecular flexibility index (Phi) is 9.59. The van der Waals surface area contributed by atoms with Crippen LogP contribution in [-0.4, -0.2) is 23.8 Å². The molecule has 0 saturated heterocycles. The number of unbranched alkanes of at least 4 members (excludes halogenated alkanes) is 4. The van der Waals surface area contributed by atoms with E-state index in [1.54, 1.807) is 0 Å². The fourth-order valence-corrected chi connectivity index (χ4v) is 1.30. The zero-order valence-corrected chi connectivity index (χ0v) is 10.00. The highest BCUT2D eigenvalue weighted by Crippen LogP contribution is 2.06. The molecule has 0 aliphatic heterocycles. The van der Waals surface area contributed by atoms with E-state index in [9.17, 15) is 9.90 Å². The fraction of sp³-hybridized carbons (Fsp3) is 0.917. The Balaban J connectivity index is 3.42. The highest BCUT2D eigenvalue weighted by Gasteiger charge is 2.15. The highest BCUT2D eigenvalue weighted by atomic mass is 16.5. The van der Waals surface area contributed by atoms with Crippen LogP contribution in [0.25, 0.3) is 0 Å². The van der Waals surface area contributed by atoms with Gasteiger partial charge in [0.1, 0.15) is 0 Å². The van der Waals surface area contributed by atoms with Gasteiger partial charge in [0.05, 0.1) is 6.61 Å². The lowest BCUT2D eigenvalue weighted by Gasteiger charge is -2.09. The van der Waals surface area contributed by atoms with Crippen molar-refractivity contribution in [2.24, 2.45) is 0 Å². The first kappa shape index (κ1) is 14.4. The number of carbonyl (C=O) groups is 1. The Morgan fingerprint density at radius 1 is 1.13 bits per heavy atom. The van der Waals surface area contributed by atoms with Crippen molar-refractivity contribution in [3.63, 3.8) is 0 Å². The van der Waals surface area contributed by atoms with Crippen LogP contribution in [0.3, 0.4) is 0 Å². The quantitative estimate of drug-likeness (QED) is 0.476. The molecule has 0 aliphatic carbocycles. The molecule has 0 rings (SSSR count). The van der Waals surface area contributed by atoms with Crippen molar-refractivity contribution < 1.29 is 14.6 Å². The van der Waals surface area contributed by atoms with E-state index >= 15 is 0 Å². The number of aliphatic hydroxyl groups excluding tert-OH is 1. The molecule has 0 amide bonds. The Bertz CT molecular complexity index is 157. The van der Waals surface area contributed by atoms with Crippen molar-refractivity contribution in [2.45, 2.75) is 64.9 Å². The minimum atomic E-state index is -0.918. The Morgan fingerprint density at radius 2 is 1.80 bits per heavy atom. The number of esters is 1. The molecule has 0 radical (unpaired) electrons. The number of carbonyl (C=O) groups excluding carboxylic acids is 1. The molecular formula is C12H24O3. The van der Waals surface area contributed by atoms with E-state index in [0.29, 0.717) is 13.0 Å². The van der Waals surface area contributed by atoms with Gasteiger partial charge in [-0.05, 0) is 12.8 Å². The summed E-state index contributed by atoms with van der Waals surface area (Å²) in [6.07, 6.45) is 5.79. The molecule has 0 bridgehead atoms. The van der Waals surface area contributed by atoms with Crippen LogP contribution in [-0.2, 0) is 9.53 Å². The van der Waals surface area contributed by atoms with Gasteiger partial charge in [0.25, 0.3) is 0 Å². The molecule has 90 valence electrons. The average molecular weight is 216 g/mol. The van der Waals surface area contributed by atoms with Gasteiger partial charge in [0.2, 0.25) is 0 Å². The maximum atomic E-state index is 11.2. The molecule has 0 saturated carbocycles. The van der Waals surface area contributed by atoms with E-state index < -0.39 is 12.1 Å². The van der Waals surface area contributed by atoms with E-state index in [-0.39, 0.29) is 0 Å². The maximum absolute atomic E-state index is 11.2. The van der Waals surface area contributed by atoms with Gasteiger partial charge in [-0.15, -0.1) is 0 Å². The summed E-state index contributed by atoms with van der Waals surface area (Å²) in [5, 5.41) is 9.44. The van der Waals surface area contributed by atoms with Crippen molar-refractivity contribution in [3.8, 4) is 0 Å². The number of hydrogen-bond donors (Lipinski definition) is 1. The van der Waals surface area contributed by atoms with Crippen molar-refractivity contribution >= 4 is 5.97 Å². The van der Waals surface area contributed by atoms with E-state index in [1.807, 2.05) is 6.92 Å². The molecule has 0 aromatic heterocycles. The molecule has 15 heavy (non-hydrogen) atoms. The summed E-state index contributed by atoms with van der Waals surface area (Å²) < 4.78 is 4.91. The van der Waals surface area contributed by atoms with Crippen LogP contribution in [0.15, 0.2) is 0 Å². The molecule has 1 N–H and O–H groups in total. The van der Waals surface area contributed by atoms with E-state index in [2.05, 4.69) is 6.92 Å². The zero-order chi connectivity index (χ0) is 11.5. The van der Waals surface area contributed by atoms with E-state index in [1.165, 1.54) is 0 Å². The molecule has 1 unspecified atom stereocenters. The van der Waals surface area contributed by atoms with Crippen molar-refractivity contribution in [1.82, 2.24) is 0 Å². The summed E-state index contributed by atoms with van der Waals surface area (Å²) in [6, 6.07) is 0. The molecule has 3 nitrogen and oxygen atoms in total. The van der Waals surface area contributed by atoms with Crippen LogP contribution in [0.1, 0.15) is 58.8 Å². The van der Waals surface area contributed by atoms with Gasteiger partial charge in [-0.2, -0.15) is 0 Å². The number of ether oxygens (including phenoxy) is 1. The monoisotopic (exact) mass is 216 g/mol. The van der Waals surface area contributed by atoms with E-state index in [0.717, 1.165) is 38.5 Å². The number of hydrogen-bond acceptors (Lipinski definition) is 3. The topological polar surface area (TPSA) is 46.5 Å². The third kappa shape index (κ3) is 8.43. The third-order valence-corrected chi connectivity index (χ3v) is 2.35. The predicted octanol–water partition coefficient (Wildman–Crippen LogP) is 2.66. The minimum absolute atomic E-state index is 0.432. The summed E-state index contributed by atoms with van der Waals surface area (Å²) in [4.78, 5) is 11.2. The lowest BCUT2D eigenvalue weighted by molar-refractivity contribution is -0.154. The summed E-state index contributed by atoms with van der Waals surface area (Å²) in [7, 11) is 0. The highest BCUT2D eigenvalue weighted by molar-refractivity contribution is 5.74. The van der Waals surface area contributed by atoms with Crippen molar-refractivity contribution in [1.29, 1.82) is 0 Å². The Morgan fingerprint density at radius 3 is 2.40 bits per heavy atom. The molecule has 0 spiro atoms. The maximum Gasteiger partial charge on any atom is 0.334 e. The van der Waals surface area contributed by atoms with Crippen LogP contribution < -0.4 is 0 Å². The van der Waals surface area contributed by atoms with Gasteiger partial charge in [0, 0.05) is 0 Å². The molecule has 0 aliphatic rings. The summed E-state index contributed by atoms with van der Waals surface area (Å²) >= 11 is 0. The fourth-order valence-electron chi connectivity index (χ4n) is 1.30. The summed E-state index contributed by atoms with van der Waals surface area (Å²) in [5.41, 5.74) is 0. The molecule has 0 fully saturated rings. The van der Waals surface area contributed by atoms with Crippen molar-refractivity contribution in [3.05, 3.63) is 0 Å². The van der Waals surface area contributed by atoms with Crippen LogP contribution in [0.2, 0.25) is 0 Å². The second-order valence-corrected chi connectivity index (χ2v) is 3.89. The number of rotatable bonds is 9. The standard InChI is InChI=1S/C12H24O3/c1-3-5-7-8-9-11(13)12(14)15-10-6-4-2/h11,13H,3-10H2,1-2H3. The van der Waals surface area contributed by atoms with Gasteiger partial charge in [-0.1, -0.05) is 46.0 Å². The van der Waals surface area contributed by atoms with Crippen LogP contribution in [0, 0.1) is 0 Å². The normalized spacial score (nSPS) is 12.5. The summed E-state index contributed by atoms with van der Waals surface area (Å²) in [5.74, 6) is -0.458. The Labute approximate surface area is 92.8 Å². The SMILES string of the molecule is CCCCCCC(O)C(=O)OCCCC. The smallest absolute Gasteiger partial charge is 0.334 e. The van der Waals surface area contributed by atoms with Crippen LogP contribution in [0.5, 0.6) is 0 Å². The average Bonchev–Trinajstić information content (AvgIpc) is 2.24. The molecule has 0 aromatic rings. The van der Waals surface area contributed by atoms with Gasteiger partial charge in [0.15, 0.2) is 6.10 Å². The Hall–Kier alpha value is -0.570. The first-order valence-corrected chi connectivity index (χ1v) is 6.07. The predicted molar refractivity (Wildman–Crippen MR) is 60.6 cm³/mol. The van der Waals surface area contributed by atoms with Gasteiger partial charge in [-0.25, -0.2) is 4.79 Å². The molecule has 0 aromatic carbocycles. The molecular weight excluding hydrogens is 192 g/mol. The minimum Gasteiger partial charge on any atom is -0.464 e. The largest absolute Gasteiger partial charge is 0.464 e. The molecule has 1 atom stereocenters. The number of aliphatic hydroxyl groups is 1. The van der Waals surface area contributed by atoms with Gasteiger partial charge >= 0.3 is 5.97 Å². The second kappa shape index (κ2) is 9.97. The second-order valence-electron chi connectivity index (χ2n) is 3.89. The first-order valence-electron chi connectivity index (χ1n) is 6.07. The third-order valence-electron chi connectivity index (χ3n) is 2.35. The lowest BCUT2D eigenvalue weighted by Crippen LogP contribution is -2.23.